The number of aromatic nitrogens is 2. The summed E-state index contributed by atoms with van der Waals surface area (Å²) in [5, 5.41) is 15.7. The number of carboxylic acids is 1. The number of hydrogen-bond acceptors (Lipinski definition) is 5. The van der Waals surface area contributed by atoms with Gasteiger partial charge in [-0.1, -0.05) is 60.2 Å². The van der Waals surface area contributed by atoms with Crippen LogP contribution in [0.2, 0.25) is 0 Å². The molecule has 0 radical (unpaired) electrons. The summed E-state index contributed by atoms with van der Waals surface area (Å²) in [5.74, 6) is -0.437. The molecule has 2 heterocycles. The fourth-order valence-corrected chi connectivity index (χ4v) is 3.92. The van der Waals surface area contributed by atoms with E-state index < -0.39 is 12.0 Å². The van der Waals surface area contributed by atoms with Crippen molar-refractivity contribution in [1.82, 2.24) is 9.97 Å². The molecule has 2 aromatic carbocycles. The van der Waals surface area contributed by atoms with Gasteiger partial charge in [0.2, 0.25) is 0 Å². The number of aryl methyl sites for hydroxylation is 1. The summed E-state index contributed by atoms with van der Waals surface area (Å²) in [4.78, 5) is 21.4. The molecule has 0 amide bonds. The predicted molar refractivity (Wildman–Crippen MR) is 108 cm³/mol. The van der Waals surface area contributed by atoms with Crippen LogP contribution in [-0.2, 0) is 4.79 Å². The Balaban J connectivity index is 1.81. The fourth-order valence-electron chi connectivity index (χ4n) is 3.00. The van der Waals surface area contributed by atoms with Gasteiger partial charge in [-0.3, -0.25) is 0 Å². The molecule has 27 heavy (non-hydrogen) atoms. The lowest BCUT2D eigenvalue weighted by atomic mass is 10.0. The number of benzene rings is 2. The molecular weight excluding hydrogens is 358 g/mol. The number of aliphatic carboxylic acids is 1. The second-order valence-electron chi connectivity index (χ2n) is 6.24. The van der Waals surface area contributed by atoms with Crippen molar-refractivity contribution < 1.29 is 9.90 Å². The molecule has 0 aliphatic carbocycles. The van der Waals surface area contributed by atoms with E-state index in [0.717, 1.165) is 21.3 Å². The van der Waals surface area contributed by atoms with E-state index in [9.17, 15) is 9.90 Å². The summed E-state index contributed by atoms with van der Waals surface area (Å²) in [6.07, 6.45) is 1.46. The van der Waals surface area contributed by atoms with E-state index in [4.69, 9.17) is 0 Å². The molecular formula is C21H17N3O2S. The van der Waals surface area contributed by atoms with Gasteiger partial charge in [0.05, 0.1) is 5.39 Å². The summed E-state index contributed by atoms with van der Waals surface area (Å²) in [5.41, 5.74) is 3.90. The van der Waals surface area contributed by atoms with Gasteiger partial charge in [-0.05, 0) is 18.1 Å². The monoisotopic (exact) mass is 375 g/mol. The number of fused-ring (bicyclic) bond motifs is 1. The third-order valence-corrected chi connectivity index (χ3v) is 5.28. The number of carboxylic acid groups (broad SMARTS) is 1. The first-order chi connectivity index (χ1) is 13.1. The smallest absolute Gasteiger partial charge is 0.330 e. The van der Waals surface area contributed by atoms with Crippen LogP contribution in [0.15, 0.2) is 66.3 Å². The standard InChI is InChI=1S/C21H17N3O2S/c1-13-7-9-14(10-8-13)16-11-27-20-17(16)19(22-12-23-20)24-18(21(25)26)15-5-3-2-4-6-15/h2-12,18H,1H3,(H,25,26)(H,22,23,24). The Kier molecular flexibility index (Phi) is 4.56. The molecule has 0 fully saturated rings. The van der Waals surface area contributed by atoms with E-state index in [1.807, 2.05) is 30.5 Å². The largest absolute Gasteiger partial charge is 0.479 e. The first kappa shape index (κ1) is 17.2. The van der Waals surface area contributed by atoms with Crippen molar-refractivity contribution in [2.24, 2.45) is 0 Å². The number of thiophene rings is 1. The van der Waals surface area contributed by atoms with Crippen molar-refractivity contribution in [3.05, 3.63) is 77.4 Å². The Labute approximate surface area is 160 Å². The molecule has 4 aromatic rings. The van der Waals surface area contributed by atoms with Crippen LogP contribution in [0.4, 0.5) is 5.82 Å². The zero-order valence-corrected chi connectivity index (χ0v) is 15.4. The molecule has 4 rings (SSSR count). The maximum absolute atomic E-state index is 11.9. The summed E-state index contributed by atoms with van der Waals surface area (Å²) in [6.45, 7) is 2.04. The Morgan fingerprint density at radius 1 is 1.07 bits per heavy atom. The summed E-state index contributed by atoms with van der Waals surface area (Å²) in [6, 6.07) is 16.4. The highest BCUT2D eigenvalue weighted by atomic mass is 32.1. The lowest BCUT2D eigenvalue weighted by molar-refractivity contribution is -0.138. The summed E-state index contributed by atoms with van der Waals surface area (Å²) >= 11 is 1.52. The van der Waals surface area contributed by atoms with Gasteiger partial charge in [-0.15, -0.1) is 11.3 Å². The van der Waals surface area contributed by atoms with Gasteiger partial charge in [-0.25, -0.2) is 14.8 Å². The fraction of sp³-hybridized carbons (Fsp3) is 0.0952. The molecule has 0 aliphatic heterocycles. The number of nitrogens with one attached hydrogen (secondary N) is 1. The Hall–Kier alpha value is -3.25. The van der Waals surface area contributed by atoms with Crippen LogP contribution in [-0.4, -0.2) is 21.0 Å². The van der Waals surface area contributed by atoms with Gasteiger partial charge < -0.3 is 10.4 Å². The SMILES string of the molecule is Cc1ccc(-c2csc3ncnc(NC(C(=O)O)c4ccccc4)c23)cc1. The average molecular weight is 375 g/mol. The number of nitrogens with zero attached hydrogens (tertiary/aromatic N) is 2. The van der Waals surface area contributed by atoms with Crippen LogP contribution in [0.3, 0.4) is 0 Å². The second-order valence-corrected chi connectivity index (χ2v) is 7.10. The quantitative estimate of drug-likeness (QED) is 0.519. The van der Waals surface area contributed by atoms with Crippen LogP contribution >= 0.6 is 11.3 Å². The van der Waals surface area contributed by atoms with Gasteiger partial charge in [0, 0.05) is 10.9 Å². The van der Waals surface area contributed by atoms with Gasteiger partial charge >= 0.3 is 5.97 Å². The topological polar surface area (TPSA) is 75.1 Å². The third kappa shape index (κ3) is 3.39. The molecule has 0 spiro atoms. The third-order valence-electron chi connectivity index (χ3n) is 4.39. The molecule has 0 aliphatic rings. The van der Waals surface area contributed by atoms with Crippen LogP contribution in [0, 0.1) is 6.92 Å². The van der Waals surface area contributed by atoms with E-state index in [0.29, 0.717) is 11.4 Å². The zero-order chi connectivity index (χ0) is 18.8. The number of hydrogen-bond donors (Lipinski definition) is 2. The van der Waals surface area contributed by atoms with E-state index >= 15 is 0 Å². The minimum Gasteiger partial charge on any atom is -0.479 e. The van der Waals surface area contributed by atoms with Crippen LogP contribution in [0.5, 0.6) is 0 Å². The van der Waals surface area contributed by atoms with Crippen LogP contribution in [0.1, 0.15) is 17.2 Å². The highest BCUT2D eigenvalue weighted by Gasteiger charge is 2.22. The summed E-state index contributed by atoms with van der Waals surface area (Å²) < 4.78 is 0. The molecule has 2 N–H and O–H groups in total. The molecule has 0 saturated carbocycles. The Bertz CT molecular complexity index is 1090. The van der Waals surface area contributed by atoms with E-state index in [-0.39, 0.29) is 0 Å². The number of carbonyl (C=O) groups is 1. The van der Waals surface area contributed by atoms with Crippen molar-refractivity contribution in [3.8, 4) is 11.1 Å². The predicted octanol–water partition coefficient (Wildman–Crippen LogP) is 4.90. The van der Waals surface area contributed by atoms with Crippen LogP contribution < -0.4 is 5.32 Å². The van der Waals surface area contributed by atoms with Gasteiger partial charge in [-0.2, -0.15) is 0 Å². The van der Waals surface area contributed by atoms with Gasteiger partial charge in [0.15, 0.2) is 6.04 Å². The van der Waals surface area contributed by atoms with E-state index in [1.54, 1.807) is 12.1 Å². The van der Waals surface area contributed by atoms with E-state index in [1.165, 1.54) is 23.2 Å². The minimum absolute atomic E-state index is 0.521. The maximum Gasteiger partial charge on any atom is 0.330 e. The van der Waals surface area contributed by atoms with Gasteiger partial charge in [0.25, 0.3) is 0 Å². The van der Waals surface area contributed by atoms with Gasteiger partial charge in [0.1, 0.15) is 17.0 Å². The van der Waals surface area contributed by atoms with Crippen molar-refractivity contribution in [2.75, 3.05) is 5.32 Å². The molecule has 0 saturated heterocycles. The first-order valence-corrected chi connectivity index (χ1v) is 9.35. The second kappa shape index (κ2) is 7.17. The highest BCUT2D eigenvalue weighted by molar-refractivity contribution is 7.17. The minimum atomic E-state index is -0.958. The maximum atomic E-state index is 11.9. The molecule has 2 aromatic heterocycles. The first-order valence-electron chi connectivity index (χ1n) is 8.47. The molecule has 0 bridgehead atoms. The van der Waals surface area contributed by atoms with Crippen LogP contribution in [0.25, 0.3) is 21.3 Å². The molecule has 1 atom stereocenters. The van der Waals surface area contributed by atoms with Crippen molar-refractivity contribution in [1.29, 1.82) is 0 Å². The van der Waals surface area contributed by atoms with Crippen molar-refractivity contribution in [2.45, 2.75) is 13.0 Å². The number of anilines is 1. The molecule has 1 unspecified atom stereocenters. The van der Waals surface area contributed by atoms with E-state index in [2.05, 4.69) is 39.6 Å². The normalized spacial score (nSPS) is 12.0. The lowest BCUT2D eigenvalue weighted by Crippen LogP contribution is -2.21. The van der Waals surface area contributed by atoms with Crippen molar-refractivity contribution >= 4 is 33.3 Å². The average Bonchev–Trinajstić information content (AvgIpc) is 3.12. The molecule has 134 valence electrons. The zero-order valence-electron chi connectivity index (χ0n) is 14.6. The molecule has 5 nitrogen and oxygen atoms in total. The number of rotatable bonds is 5. The highest BCUT2D eigenvalue weighted by Crippen LogP contribution is 2.37. The summed E-state index contributed by atoms with van der Waals surface area (Å²) in [7, 11) is 0. The Morgan fingerprint density at radius 2 is 1.81 bits per heavy atom. The Morgan fingerprint density at radius 3 is 2.52 bits per heavy atom. The van der Waals surface area contributed by atoms with Crippen molar-refractivity contribution in [3.63, 3.8) is 0 Å². The molecule has 6 heteroatoms. The lowest BCUT2D eigenvalue weighted by Gasteiger charge is -2.16.